The molecule has 1 aliphatic heterocycles. The highest BCUT2D eigenvalue weighted by Gasteiger charge is 2.36. The fourth-order valence-corrected chi connectivity index (χ4v) is 3.35. The van der Waals surface area contributed by atoms with E-state index < -0.39 is 0 Å². The molecule has 2 heterocycles. The van der Waals surface area contributed by atoms with E-state index >= 15 is 0 Å². The highest BCUT2D eigenvalue weighted by atomic mass is 35.5. The first kappa shape index (κ1) is 20.9. The number of nitrogens with one attached hydrogen (secondary N) is 2. The number of likely N-dealkylation sites (N-methyl/N-ethyl adjacent to an activating group) is 1. The highest BCUT2D eigenvalue weighted by molar-refractivity contribution is 5.86. The molecule has 1 fully saturated rings. The Kier molecular flexibility index (Phi) is 7.38. The lowest BCUT2D eigenvalue weighted by Gasteiger charge is -2.23. The minimum Gasteiger partial charge on any atom is -0.350 e. The summed E-state index contributed by atoms with van der Waals surface area (Å²) in [6, 6.07) is 9.72. The predicted octanol–water partition coefficient (Wildman–Crippen LogP) is 0.920. The molecule has 2 aromatic rings. The number of hydrogen-bond acceptors (Lipinski definition) is 4. The monoisotopic (exact) mass is 391 g/mol. The van der Waals surface area contributed by atoms with E-state index in [1.54, 1.807) is 11.7 Å². The highest BCUT2D eigenvalue weighted by Crippen LogP contribution is 2.29. The van der Waals surface area contributed by atoms with Crippen molar-refractivity contribution in [3.05, 3.63) is 53.9 Å². The summed E-state index contributed by atoms with van der Waals surface area (Å²) in [5.74, 6) is -0.260. The fraction of sp³-hybridized carbons (Fsp3) is 0.421. The van der Waals surface area contributed by atoms with Crippen LogP contribution in [0.5, 0.6) is 0 Å². The Morgan fingerprint density at radius 2 is 2.04 bits per heavy atom. The zero-order valence-corrected chi connectivity index (χ0v) is 16.4. The number of carbonyl (C=O) groups excluding carboxylic acids is 2. The van der Waals surface area contributed by atoms with Crippen molar-refractivity contribution in [3.8, 4) is 0 Å². The molecule has 2 atom stereocenters. The van der Waals surface area contributed by atoms with E-state index in [1.165, 1.54) is 4.90 Å². The van der Waals surface area contributed by atoms with Crippen LogP contribution in [-0.4, -0.2) is 53.2 Å². The topological polar surface area (TPSA) is 79.3 Å². The van der Waals surface area contributed by atoms with Gasteiger partial charge < -0.3 is 15.5 Å². The minimum absolute atomic E-state index is 0. The molecule has 0 bridgehead atoms. The first-order chi connectivity index (χ1) is 12.5. The summed E-state index contributed by atoms with van der Waals surface area (Å²) in [5, 5.41) is 10.3. The standard InChI is InChI=1S/C19H25N5O2.ClH/c1-23(13-18(25)21-8-14-6-4-3-5-7-14)19(26)17-11-20-10-16(17)15-9-22-24(2)12-15;/h3-7,9,12,16-17,20H,8,10-11,13H2,1-2H3,(H,21,25);1H/t16-,17+;/m1./s1. The predicted molar refractivity (Wildman–Crippen MR) is 105 cm³/mol. The van der Waals surface area contributed by atoms with Crippen LogP contribution in [0.2, 0.25) is 0 Å². The maximum atomic E-state index is 12.8. The van der Waals surface area contributed by atoms with Crippen LogP contribution in [0.15, 0.2) is 42.7 Å². The third-order valence-corrected chi connectivity index (χ3v) is 4.77. The van der Waals surface area contributed by atoms with Crippen LogP contribution < -0.4 is 10.6 Å². The van der Waals surface area contributed by atoms with Gasteiger partial charge in [-0.1, -0.05) is 30.3 Å². The van der Waals surface area contributed by atoms with Gasteiger partial charge in [-0.25, -0.2) is 0 Å². The third kappa shape index (κ3) is 5.30. The number of aryl methyl sites for hydroxylation is 1. The second kappa shape index (κ2) is 9.53. The lowest BCUT2D eigenvalue weighted by atomic mass is 9.90. The van der Waals surface area contributed by atoms with Gasteiger partial charge in [-0.05, 0) is 11.1 Å². The van der Waals surface area contributed by atoms with Gasteiger partial charge in [0.15, 0.2) is 0 Å². The van der Waals surface area contributed by atoms with Crippen molar-refractivity contribution in [2.45, 2.75) is 12.5 Å². The van der Waals surface area contributed by atoms with Gasteiger partial charge >= 0.3 is 0 Å². The van der Waals surface area contributed by atoms with E-state index in [0.29, 0.717) is 13.1 Å². The molecule has 0 radical (unpaired) electrons. The number of halogens is 1. The Bertz CT molecular complexity index is 764. The Labute approximate surface area is 165 Å². The molecule has 3 rings (SSSR count). The van der Waals surface area contributed by atoms with Crippen LogP contribution in [0.4, 0.5) is 0 Å². The van der Waals surface area contributed by atoms with Gasteiger partial charge in [0.05, 0.1) is 18.7 Å². The third-order valence-electron chi connectivity index (χ3n) is 4.77. The molecule has 1 aliphatic rings. The summed E-state index contributed by atoms with van der Waals surface area (Å²) < 4.78 is 1.75. The fourth-order valence-electron chi connectivity index (χ4n) is 3.35. The SMILES string of the molecule is CN(CC(=O)NCc1ccccc1)C(=O)[C@H]1CNC[C@@H]1c1cnn(C)c1.Cl. The van der Waals surface area contributed by atoms with Crippen LogP contribution in [0.25, 0.3) is 0 Å². The van der Waals surface area contributed by atoms with Gasteiger partial charge in [0, 0.05) is 45.8 Å². The van der Waals surface area contributed by atoms with Gasteiger partial charge in [-0.2, -0.15) is 5.10 Å². The normalized spacial score (nSPS) is 18.6. The number of carbonyl (C=O) groups is 2. The molecule has 0 unspecified atom stereocenters. The number of aromatic nitrogens is 2. The average Bonchev–Trinajstić information content (AvgIpc) is 3.28. The number of rotatable bonds is 6. The molecular weight excluding hydrogens is 366 g/mol. The maximum Gasteiger partial charge on any atom is 0.239 e. The zero-order chi connectivity index (χ0) is 18.5. The second-order valence-electron chi connectivity index (χ2n) is 6.78. The van der Waals surface area contributed by atoms with E-state index in [1.807, 2.05) is 49.8 Å². The minimum atomic E-state index is -0.175. The van der Waals surface area contributed by atoms with Crippen molar-refractivity contribution in [3.63, 3.8) is 0 Å². The molecular formula is C19H26ClN5O2. The zero-order valence-electron chi connectivity index (χ0n) is 15.6. The lowest BCUT2D eigenvalue weighted by molar-refractivity contribution is -0.137. The summed E-state index contributed by atoms with van der Waals surface area (Å²) in [5.41, 5.74) is 2.09. The van der Waals surface area contributed by atoms with E-state index in [4.69, 9.17) is 0 Å². The van der Waals surface area contributed by atoms with E-state index in [-0.39, 0.29) is 42.6 Å². The molecule has 1 saturated heterocycles. The Morgan fingerprint density at radius 3 is 2.70 bits per heavy atom. The first-order valence-corrected chi connectivity index (χ1v) is 8.79. The smallest absolute Gasteiger partial charge is 0.239 e. The second-order valence-corrected chi connectivity index (χ2v) is 6.78. The Balaban J connectivity index is 0.00000261. The molecule has 8 heteroatoms. The van der Waals surface area contributed by atoms with Crippen molar-refractivity contribution in [1.29, 1.82) is 0 Å². The van der Waals surface area contributed by atoms with E-state index in [2.05, 4.69) is 15.7 Å². The number of benzene rings is 1. The lowest BCUT2D eigenvalue weighted by Crippen LogP contribution is -2.42. The molecule has 27 heavy (non-hydrogen) atoms. The Morgan fingerprint density at radius 1 is 1.30 bits per heavy atom. The molecule has 0 aliphatic carbocycles. The van der Waals surface area contributed by atoms with E-state index in [0.717, 1.165) is 17.7 Å². The molecule has 146 valence electrons. The summed E-state index contributed by atoms with van der Waals surface area (Å²) in [6.45, 7) is 1.89. The molecule has 7 nitrogen and oxygen atoms in total. The summed E-state index contributed by atoms with van der Waals surface area (Å²) in [7, 11) is 3.55. The van der Waals surface area contributed by atoms with Crippen molar-refractivity contribution < 1.29 is 9.59 Å². The Hall–Kier alpha value is -2.38. The van der Waals surface area contributed by atoms with Gasteiger partial charge in [0.25, 0.3) is 0 Å². The summed E-state index contributed by atoms with van der Waals surface area (Å²) in [6.07, 6.45) is 3.76. The number of hydrogen-bond donors (Lipinski definition) is 2. The van der Waals surface area contributed by atoms with Crippen LogP contribution in [0, 0.1) is 5.92 Å². The summed E-state index contributed by atoms with van der Waals surface area (Å²) >= 11 is 0. The molecule has 1 aromatic carbocycles. The first-order valence-electron chi connectivity index (χ1n) is 8.79. The van der Waals surface area contributed by atoms with Gasteiger partial charge in [-0.3, -0.25) is 14.3 Å². The largest absolute Gasteiger partial charge is 0.350 e. The number of nitrogens with zero attached hydrogens (tertiary/aromatic N) is 3. The molecule has 1 aromatic heterocycles. The molecule has 0 spiro atoms. The van der Waals surface area contributed by atoms with Gasteiger partial charge in [-0.15, -0.1) is 12.4 Å². The maximum absolute atomic E-state index is 12.8. The molecule has 2 N–H and O–H groups in total. The van der Waals surface area contributed by atoms with Crippen molar-refractivity contribution in [2.24, 2.45) is 13.0 Å². The molecule has 0 saturated carbocycles. The van der Waals surface area contributed by atoms with Crippen molar-refractivity contribution in [2.75, 3.05) is 26.7 Å². The van der Waals surface area contributed by atoms with Crippen LogP contribution in [0.3, 0.4) is 0 Å². The number of amides is 2. The average molecular weight is 392 g/mol. The summed E-state index contributed by atoms with van der Waals surface area (Å²) in [4.78, 5) is 26.5. The van der Waals surface area contributed by atoms with E-state index in [9.17, 15) is 9.59 Å². The van der Waals surface area contributed by atoms with Crippen LogP contribution in [-0.2, 0) is 23.2 Å². The quantitative estimate of drug-likeness (QED) is 0.767. The van der Waals surface area contributed by atoms with Crippen molar-refractivity contribution >= 4 is 24.2 Å². The van der Waals surface area contributed by atoms with Crippen LogP contribution >= 0.6 is 12.4 Å². The van der Waals surface area contributed by atoms with Gasteiger partial charge in [0.2, 0.25) is 11.8 Å². The van der Waals surface area contributed by atoms with Gasteiger partial charge in [0.1, 0.15) is 0 Å². The van der Waals surface area contributed by atoms with Crippen LogP contribution in [0.1, 0.15) is 17.0 Å². The van der Waals surface area contributed by atoms with Crippen molar-refractivity contribution in [1.82, 2.24) is 25.3 Å². The molecule has 2 amide bonds.